The van der Waals surface area contributed by atoms with Gasteiger partial charge in [-0.25, -0.2) is 0 Å². The van der Waals surface area contributed by atoms with Gasteiger partial charge in [-0.05, 0) is 37.2 Å². The van der Waals surface area contributed by atoms with E-state index in [1.54, 1.807) is 12.2 Å². The predicted molar refractivity (Wildman–Crippen MR) is 79.7 cm³/mol. The first kappa shape index (κ1) is 15.4. The summed E-state index contributed by atoms with van der Waals surface area (Å²) in [5.74, 6) is -0.0415. The van der Waals surface area contributed by atoms with E-state index in [9.17, 15) is 4.79 Å². The number of hydrogen-bond acceptors (Lipinski definition) is 2. The fourth-order valence-electron chi connectivity index (χ4n) is 1.96. The summed E-state index contributed by atoms with van der Waals surface area (Å²) in [7, 11) is 0. The highest BCUT2D eigenvalue weighted by Gasteiger charge is 2.06. The van der Waals surface area contributed by atoms with E-state index in [0.29, 0.717) is 6.54 Å². The minimum atomic E-state index is -0.0415. The van der Waals surface area contributed by atoms with Gasteiger partial charge >= 0.3 is 0 Å². The van der Waals surface area contributed by atoms with Gasteiger partial charge in [0, 0.05) is 13.1 Å². The zero-order chi connectivity index (χ0) is 14.1. The molecule has 0 bridgehead atoms. The average Bonchev–Trinajstić information content (AvgIpc) is 2.44. The summed E-state index contributed by atoms with van der Waals surface area (Å²) in [5, 5.41) is 2.91. The Balaban J connectivity index is 2.70. The third-order valence-electron chi connectivity index (χ3n) is 3.18. The Morgan fingerprint density at radius 1 is 1.21 bits per heavy atom. The van der Waals surface area contributed by atoms with Crippen molar-refractivity contribution in [3.8, 4) is 0 Å². The molecule has 1 amide bonds. The van der Waals surface area contributed by atoms with Crippen LogP contribution in [0.25, 0.3) is 0 Å². The van der Waals surface area contributed by atoms with Crippen molar-refractivity contribution in [1.29, 1.82) is 0 Å². The molecule has 0 spiro atoms. The quantitative estimate of drug-likeness (QED) is 0.765. The van der Waals surface area contributed by atoms with Crippen LogP contribution >= 0.6 is 0 Å². The SMILES string of the molecule is CC=CC(=O)NCc1ccccc1CN(CC)CC. The van der Waals surface area contributed by atoms with Gasteiger partial charge in [0.05, 0.1) is 0 Å². The van der Waals surface area contributed by atoms with Crippen molar-refractivity contribution < 1.29 is 4.79 Å². The van der Waals surface area contributed by atoms with Gasteiger partial charge in [0.1, 0.15) is 0 Å². The fourth-order valence-corrected chi connectivity index (χ4v) is 1.96. The first-order valence-corrected chi connectivity index (χ1v) is 6.90. The zero-order valence-electron chi connectivity index (χ0n) is 12.1. The monoisotopic (exact) mass is 260 g/mol. The lowest BCUT2D eigenvalue weighted by atomic mass is 10.1. The Kier molecular flexibility index (Phi) is 6.90. The van der Waals surface area contributed by atoms with Crippen molar-refractivity contribution in [2.24, 2.45) is 0 Å². The van der Waals surface area contributed by atoms with Crippen LogP contribution < -0.4 is 5.32 Å². The maximum absolute atomic E-state index is 11.5. The van der Waals surface area contributed by atoms with Crippen LogP contribution in [-0.4, -0.2) is 23.9 Å². The summed E-state index contributed by atoms with van der Waals surface area (Å²) in [6.45, 7) is 9.77. The number of carbonyl (C=O) groups is 1. The molecule has 3 nitrogen and oxygen atoms in total. The summed E-state index contributed by atoms with van der Waals surface area (Å²) in [6, 6.07) is 8.28. The van der Waals surface area contributed by atoms with Crippen molar-refractivity contribution in [3.63, 3.8) is 0 Å². The Labute approximate surface area is 116 Å². The molecule has 1 aromatic rings. The highest BCUT2D eigenvalue weighted by atomic mass is 16.1. The van der Waals surface area contributed by atoms with Gasteiger partial charge < -0.3 is 5.32 Å². The van der Waals surface area contributed by atoms with Crippen LogP contribution in [0.3, 0.4) is 0 Å². The normalized spacial score (nSPS) is 11.2. The van der Waals surface area contributed by atoms with Crippen LogP contribution in [0.5, 0.6) is 0 Å². The summed E-state index contributed by atoms with van der Waals surface area (Å²) < 4.78 is 0. The van der Waals surface area contributed by atoms with Crippen LogP contribution in [0.4, 0.5) is 0 Å². The number of carbonyl (C=O) groups excluding carboxylic acids is 1. The largest absolute Gasteiger partial charge is 0.348 e. The molecule has 0 saturated carbocycles. The molecule has 0 aromatic heterocycles. The lowest BCUT2D eigenvalue weighted by Crippen LogP contribution is -2.25. The molecule has 0 aliphatic rings. The van der Waals surface area contributed by atoms with Gasteiger partial charge in [-0.15, -0.1) is 0 Å². The molecular weight excluding hydrogens is 236 g/mol. The summed E-state index contributed by atoms with van der Waals surface area (Å²) in [5.41, 5.74) is 2.47. The number of benzene rings is 1. The molecular formula is C16H24N2O. The first-order chi connectivity index (χ1) is 9.21. The van der Waals surface area contributed by atoms with Crippen LogP contribution in [0.1, 0.15) is 31.9 Å². The number of allylic oxidation sites excluding steroid dienone is 1. The number of amides is 1. The number of hydrogen-bond donors (Lipinski definition) is 1. The Morgan fingerprint density at radius 3 is 2.42 bits per heavy atom. The van der Waals surface area contributed by atoms with E-state index in [2.05, 4.69) is 42.3 Å². The van der Waals surface area contributed by atoms with E-state index in [4.69, 9.17) is 0 Å². The molecule has 0 heterocycles. The van der Waals surface area contributed by atoms with Crippen molar-refractivity contribution in [3.05, 3.63) is 47.5 Å². The maximum Gasteiger partial charge on any atom is 0.243 e. The van der Waals surface area contributed by atoms with Gasteiger partial charge in [-0.1, -0.05) is 44.2 Å². The second-order valence-electron chi connectivity index (χ2n) is 4.45. The smallest absolute Gasteiger partial charge is 0.243 e. The lowest BCUT2D eigenvalue weighted by molar-refractivity contribution is -0.116. The van der Waals surface area contributed by atoms with Crippen molar-refractivity contribution >= 4 is 5.91 Å². The molecule has 0 atom stereocenters. The molecule has 0 fully saturated rings. The Hall–Kier alpha value is -1.61. The summed E-state index contributed by atoms with van der Waals surface area (Å²) in [4.78, 5) is 13.8. The third-order valence-corrected chi connectivity index (χ3v) is 3.18. The number of nitrogens with zero attached hydrogens (tertiary/aromatic N) is 1. The van der Waals surface area contributed by atoms with Crippen LogP contribution in [0.2, 0.25) is 0 Å². The Morgan fingerprint density at radius 2 is 1.84 bits per heavy atom. The highest BCUT2D eigenvalue weighted by molar-refractivity contribution is 5.87. The standard InChI is InChI=1S/C16H24N2O/c1-4-9-16(19)17-12-14-10-7-8-11-15(14)13-18(5-2)6-3/h4,7-11H,5-6,12-13H2,1-3H3,(H,17,19). The minimum Gasteiger partial charge on any atom is -0.348 e. The van der Waals surface area contributed by atoms with Crippen LogP contribution in [0, 0.1) is 0 Å². The van der Waals surface area contributed by atoms with E-state index in [0.717, 1.165) is 19.6 Å². The second-order valence-corrected chi connectivity index (χ2v) is 4.45. The number of nitrogens with one attached hydrogen (secondary N) is 1. The molecule has 0 unspecified atom stereocenters. The molecule has 1 aromatic carbocycles. The summed E-state index contributed by atoms with van der Waals surface area (Å²) in [6.07, 6.45) is 3.30. The lowest BCUT2D eigenvalue weighted by Gasteiger charge is -2.20. The molecule has 0 radical (unpaired) electrons. The molecule has 1 rings (SSSR count). The van der Waals surface area contributed by atoms with Gasteiger partial charge in [0.2, 0.25) is 5.91 Å². The van der Waals surface area contributed by atoms with Crippen molar-refractivity contribution in [2.75, 3.05) is 13.1 Å². The van der Waals surface area contributed by atoms with Crippen LogP contribution in [-0.2, 0) is 17.9 Å². The highest BCUT2D eigenvalue weighted by Crippen LogP contribution is 2.11. The molecule has 19 heavy (non-hydrogen) atoms. The van der Waals surface area contributed by atoms with Crippen molar-refractivity contribution in [1.82, 2.24) is 10.2 Å². The van der Waals surface area contributed by atoms with Crippen LogP contribution in [0.15, 0.2) is 36.4 Å². The van der Waals surface area contributed by atoms with E-state index >= 15 is 0 Å². The van der Waals surface area contributed by atoms with Gasteiger partial charge in [-0.3, -0.25) is 9.69 Å². The van der Waals surface area contributed by atoms with E-state index in [-0.39, 0.29) is 5.91 Å². The third kappa shape index (κ3) is 5.26. The predicted octanol–water partition coefficient (Wildman–Crippen LogP) is 2.72. The van der Waals surface area contributed by atoms with E-state index in [1.165, 1.54) is 11.1 Å². The fraction of sp³-hybridized carbons (Fsp3) is 0.438. The molecule has 3 heteroatoms. The van der Waals surface area contributed by atoms with Gasteiger partial charge in [0.15, 0.2) is 0 Å². The zero-order valence-corrected chi connectivity index (χ0v) is 12.1. The molecule has 0 saturated heterocycles. The molecule has 0 aliphatic heterocycles. The average molecular weight is 260 g/mol. The summed E-state index contributed by atoms with van der Waals surface area (Å²) >= 11 is 0. The van der Waals surface area contributed by atoms with E-state index in [1.807, 2.05) is 13.0 Å². The minimum absolute atomic E-state index is 0.0415. The second kappa shape index (κ2) is 8.48. The molecule has 1 N–H and O–H groups in total. The van der Waals surface area contributed by atoms with E-state index < -0.39 is 0 Å². The molecule has 104 valence electrons. The molecule has 0 aliphatic carbocycles. The topological polar surface area (TPSA) is 32.3 Å². The van der Waals surface area contributed by atoms with Crippen molar-refractivity contribution in [2.45, 2.75) is 33.9 Å². The Bertz CT molecular complexity index is 423. The first-order valence-electron chi connectivity index (χ1n) is 6.90. The van der Waals surface area contributed by atoms with Gasteiger partial charge in [-0.2, -0.15) is 0 Å². The van der Waals surface area contributed by atoms with Gasteiger partial charge in [0.25, 0.3) is 0 Å². The maximum atomic E-state index is 11.5. The number of rotatable bonds is 7.